The average Bonchev–Trinajstić information content (AvgIpc) is 2.81. The van der Waals surface area contributed by atoms with Crippen molar-refractivity contribution in [2.75, 3.05) is 0 Å². The monoisotopic (exact) mass is 273 g/mol. The molecule has 1 saturated carbocycles. The van der Waals surface area contributed by atoms with E-state index in [1.54, 1.807) is 11.3 Å². The summed E-state index contributed by atoms with van der Waals surface area (Å²) in [5, 5.41) is 10.1. The zero-order valence-electron chi connectivity index (χ0n) is 10.7. The first-order valence-electron chi connectivity index (χ1n) is 6.52. The molecule has 6 heteroatoms. The van der Waals surface area contributed by atoms with Crippen LogP contribution in [0.3, 0.4) is 0 Å². The average molecular weight is 273 g/mol. The van der Waals surface area contributed by atoms with E-state index >= 15 is 0 Å². The SMILES string of the molecule is Cc1ccn(-c2nc3sccn3c2CNC2CC2)n1. The van der Waals surface area contributed by atoms with Crippen LogP contribution in [0.15, 0.2) is 23.8 Å². The molecule has 1 N–H and O–H groups in total. The lowest BCUT2D eigenvalue weighted by Crippen LogP contribution is -2.18. The second kappa shape index (κ2) is 4.18. The number of fused-ring (bicyclic) bond motifs is 1. The van der Waals surface area contributed by atoms with Gasteiger partial charge in [0, 0.05) is 30.4 Å². The van der Waals surface area contributed by atoms with E-state index in [0.29, 0.717) is 6.04 Å². The third-order valence-corrected chi connectivity index (χ3v) is 4.17. The van der Waals surface area contributed by atoms with Crippen LogP contribution in [-0.4, -0.2) is 25.2 Å². The summed E-state index contributed by atoms with van der Waals surface area (Å²) < 4.78 is 4.03. The fraction of sp³-hybridized carbons (Fsp3) is 0.385. The van der Waals surface area contributed by atoms with Crippen LogP contribution in [0.2, 0.25) is 0 Å². The van der Waals surface area contributed by atoms with Gasteiger partial charge >= 0.3 is 0 Å². The molecular weight excluding hydrogens is 258 g/mol. The molecule has 0 unspecified atom stereocenters. The number of aromatic nitrogens is 4. The first kappa shape index (κ1) is 11.2. The summed E-state index contributed by atoms with van der Waals surface area (Å²) in [6.07, 6.45) is 6.64. The van der Waals surface area contributed by atoms with Crippen LogP contribution in [0.4, 0.5) is 0 Å². The first-order valence-corrected chi connectivity index (χ1v) is 7.40. The Balaban J connectivity index is 1.78. The van der Waals surface area contributed by atoms with Crippen LogP contribution < -0.4 is 5.32 Å². The normalized spacial score (nSPS) is 15.4. The fourth-order valence-electron chi connectivity index (χ4n) is 2.23. The highest BCUT2D eigenvalue weighted by Gasteiger charge is 2.22. The van der Waals surface area contributed by atoms with Crippen molar-refractivity contribution in [1.82, 2.24) is 24.5 Å². The molecule has 0 spiro atoms. The van der Waals surface area contributed by atoms with Gasteiger partial charge in [0.1, 0.15) is 0 Å². The molecule has 0 amide bonds. The van der Waals surface area contributed by atoms with Gasteiger partial charge < -0.3 is 5.32 Å². The van der Waals surface area contributed by atoms with E-state index in [9.17, 15) is 0 Å². The molecule has 1 aliphatic rings. The van der Waals surface area contributed by atoms with Crippen molar-refractivity contribution < 1.29 is 0 Å². The maximum absolute atomic E-state index is 4.70. The van der Waals surface area contributed by atoms with E-state index in [1.807, 2.05) is 23.9 Å². The van der Waals surface area contributed by atoms with E-state index in [-0.39, 0.29) is 0 Å². The van der Waals surface area contributed by atoms with Gasteiger partial charge in [0.05, 0.1) is 11.4 Å². The molecule has 0 saturated heterocycles. The van der Waals surface area contributed by atoms with Crippen molar-refractivity contribution in [3.8, 4) is 5.82 Å². The Hall–Kier alpha value is -1.66. The van der Waals surface area contributed by atoms with Gasteiger partial charge in [-0.3, -0.25) is 4.40 Å². The van der Waals surface area contributed by atoms with E-state index in [2.05, 4.69) is 26.4 Å². The molecule has 0 aliphatic heterocycles. The van der Waals surface area contributed by atoms with E-state index in [4.69, 9.17) is 4.98 Å². The molecule has 0 aromatic carbocycles. The number of rotatable bonds is 4. The lowest BCUT2D eigenvalue weighted by Gasteiger charge is -2.05. The molecule has 1 fully saturated rings. The molecule has 3 aromatic rings. The van der Waals surface area contributed by atoms with E-state index in [1.165, 1.54) is 18.5 Å². The lowest BCUT2D eigenvalue weighted by molar-refractivity contribution is 0.662. The van der Waals surface area contributed by atoms with Gasteiger partial charge in [0.15, 0.2) is 10.8 Å². The number of nitrogens with zero attached hydrogens (tertiary/aromatic N) is 4. The highest BCUT2D eigenvalue weighted by Crippen LogP contribution is 2.23. The number of hydrogen-bond donors (Lipinski definition) is 1. The number of imidazole rings is 1. The number of nitrogens with one attached hydrogen (secondary N) is 1. The fourth-order valence-corrected chi connectivity index (χ4v) is 2.96. The van der Waals surface area contributed by atoms with E-state index in [0.717, 1.165) is 23.0 Å². The number of aryl methyl sites for hydroxylation is 1. The molecule has 0 radical (unpaired) electrons. The van der Waals surface area contributed by atoms with Crippen LogP contribution in [0.25, 0.3) is 10.8 Å². The Bertz CT molecular complexity index is 718. The lowest BCUT2D eigenvalue weighted by atomic mass is 10.4. The van der Waals surface area contributed by atoms with Gasteiger partial charge in [-0.05, 0) is 25.8 Å². The van der Waals surface area contributed by atoms with Gasteiger partial charge in [-0.1, -0.05) is 0 Å². The smallest absolute Gasteiger partial charge is 0.196 e. The zero-order chi connectivity index (χ0) is 12.8. The third-order valence-electron chi connectivity index (χ3n) is 3.41. The van der Waals surface area contributed by atoms with Gasteiger partial charge in [0.2, 0.25) is 0 Å². The molecule has 3 aromatic heterocycles. The van der Waals surface area contributed by atoms with Gasteiger partial charge in [0.25, 0.3) is 0 Å². The topological polar surface area (TPSA) is 47.1 Å². The van der Waals surface area contributed by atoms with Crippen LogP contribution in [0.1, 0.15) is 24.2 Å². The van der Waals surface area contributed by atoms with E-state index < -0.39 is 0 Å². The molecule has 0 atom stereocenters. The Morgan fingerprint density at radius 2 is 2.32 bits per heavy atom. The summed E-state index contributed by atoms with van der Waals surface area (Å²) in [7, 11) is 0. The minimum Gasteiger partial charge on any atom is -0.308 e. The maximum Gasteiger partial charge on any atom is 0.196 e. The predicted molar refractivity (Wildman–Crippen MR) is 74.8 cm³/mol. The Morgan fingerprint density at radius 3 is 3.05 bits per heavy atom. The summed E-state index contributed by atoms with van der Waals surface area (Å²) in [6.45, 7) is 2.84. The number of hydrogen-bond acceptors (Lipinski definition) is 4. The van der Waals surface area contributed by atoms with Crippen molar-refractivity contribution in [2.45, 2.75) is 32.4 Å². The number of thiazole rings is 1. The predicted octanol–water partition coefficient (Wildman–Crippen LogP) is 2.14. The molecule has 98 valence electrons. The molecular formula is C13H15N5S. The second-order valence-electron chi connectivity index (χ2n) is 4.99. The minimum absolute atomic E-state index is 0.691. The van der Waals surface area contributed by atoms with Gasteiger partial charge in [-0.15, -0.1) is 11.3 Å². The Morgan fingerprint density at radius 1 is 1.42 bits per heavy atom. The molecule has 1 aliphatic carbocycles. The third kappa shape index (κ3) is 1.97. The largest absolute Gasteiger partial charge is 0.308 e. The summed E-state index contributed by atoms with van der Waals surface area (Å²) in [5.41, 5.74) is 2.20. The van der Waals surface area contributed by atoms with Crippen molar-refractivity contribution in [3.63, 3.8) is 0 Å². The van der Waals surface area contributed by atoms with Gasteiger partial charge in [-0.2, -0.15) is 10.1 Å². The minimum atomic E-state index is 0.691. The van der Waals surface area contributed by atoms with Crippen molar-refractivity contribution in [2.24, 2.45) is 0 Å². The summed E-state index contributed by atoms with van der Waals surface area (Å²) in [6, 6.07) is 2.70. The first-order chi connectivity index (χ1) is 9.31. The second-order valence-corrected chi connectivity index (χ2v) is 5.87. The van der Waals surface area contributed by atoms with Gasteiger partial charge in [-0.25, -0.2) is 4.68 Å². The zero-order valence-corrected chi connectivity index (χ0v) is 11.5. The van der Waals surface area contributed by atoms with Crippen molar-refractivity contribution >= 4 is 16.3 Å². The molecule has 4 rings (SSSR count). The van der Waals surface area contributed by atoms with Crippen LogP contribution in [0, 0.1) is 6.92 Å². The van der Waals surface area contributed by atoms with Crippen molar-refractivity contribution in [3.05, 3.63) is 35.2 Å². The molecule has 3 heterocycles. The molecule has 0 bridgehead atoms. The molecule has 5 nitrogen and oxygen atoms in total. The van der Waals surface area contributed by atoms with Crippen LogP contribution in [0.5, 0.6) is 0 Å². The standard InChI is InChI=1S/C13H15N5S/c1-9-4-5-18(16-9)12-11(8-14-10-2-3-10)17-6-7-19-13(17)15-12/h4-7,10,14H,2-3,8H2,1H3. The van der Waals surface area contributed by atoms with Crippen LogP contribution in [-0.2, 0) is 6.54 Å². The quantitative estimate of drug-likeness (QED) is 0.792. The highest BCUT2D eigenvalue weighted by atomic mass is 32.1. The summed E-state index contributed by atoms with van der Waals surface area (Å²) in [4.78, 5) is 5.72. The summed E-state index contributed by atoms with van der Waals surface area (Å²) >= 11 is 1.66. The summed E-state index contributed by atoms with van der Waals surface area (Å²) in [5.74, 6) is 0.938. The Labute approximate surface area is 114 Å². The highest BCUT2D eigenvalue weighted by molar-refractivity contribution is 7.15. The van der Waals surface area contributed by atoms with Crippen LogP contribution >= 0.6 is 11.3 Å². The van der Waals surface area contributed by atoms with Crippen molar-refractivity contribution in [1.29, 1.82) is 0 Å². The Kier molecular flexibility index (Phi) is 2.46. The molecule has 19 heavy (non-hydrogen) atoms. The maximum atomic E-state index is 4.70.